The van der Waals surface area contributed by atoms with E-state index in [9.17, 15) is 14.7 Å². The largest absolute Gasteiger partial charge is 0.396 e. The van der Waals surface area contributed by atoms with E-state index >= 15 is 0 Å². The number of benzene rings is 1. The predicted octanol–water partition coefficient (Wildman–Crippen LogP) is 1.42. The van der Waals surface area contributed by atoms with Crippen molar-refractivity contribution in [3.05, 3.63) is 29.8 Å². The molecule has 0 radical (unpaired) electrons. The Morgan fingerprint density at radius 1 is 1.18 bits per heavy atom. The highest BCUT2D eigenvalue weighted by atomic mass is 16.3. The van der Waals surface area contributed by atoms with E-state index in [4.69, 9.17) is 0 Å². The van der Waals surface area contributed by atoms with Gasteiger partial charge in [0.2, 0.25) is 11.8 Å². The van der Waals surface area contributed by atoms with Crippen molar-refractivity contribution in [2.24, 2.45) is 5.92 Å². The number of nitrogens with zero attached hydrogens (tertiary/aromatic N) is 1. The van der Waals surface area contributed by atoms with Gasteiger partial charge < -0.3 is 10.0 Å². The zero-order chi connectivity index (χ0) is 15.5. The molecule has 2 aliphatic rings. The fraction of sp³-hybridized carbons (Fsp3) is 0.529. The van der Waals surface area contributed by atoms with Gasteiger partial charge >= 0.3 is 0 Å². The number of piperidine rings is 2. The minimum Gasteiger partial charge on any atom is -0.396 e. The Balaban J connectivity index is 1.73. The molecule has 5 heteroatoms. The van der Waals surface area contributed by atoms with Crippen LogP contribution in [-0.4, -0.2) is 36.6 Å². The van der Waals surface area contributed by atoms with Gasteiger partial charge in [-0.2, -0.15) is 0 Å². The Hall–Kier alpha value is -1.88. The smallest absolute Gasteiger partial charge is 0.234 e. The standard InChI is InChI=1S/C17H22N2O3/c20-11-12-6-8-19(9-7-12)14-3-1-2-13(10-14)15-4-5-16(21)18-17(15)22/h1-3,10,12,15,20H,4-9,11H2,(H,18,21,22). The summed E-state index contributed by atoms with van der Waals surface area (Å²) in [6.07, 6.45) is 2.99. The van der Waals surface area contributed by atoms with Crippen molar-refractivity contribution in [2.45, 2.75) is 31.6 Å². The molecule has 0 saturated carbocycles. The van der Waals surface area contributed by atoms with E-state index in [0.29, 0.717) is 18.8 Å². The molecule has 2 fully saturated rings. The molecular weight excluding hydrogens is 280 g/mol. The van der Waals surface area contributed by atoms with E-state index in [2.05, 4.69) is 22.3 Å². The quantitative estimate of drug-likeness (QED) is 0.829. The van der Waals surface area contributed by atoms with Crippen LogP contribution in [0.1, 0.15) is 37.2 Å². The number of amides is 2. The second-order valence-electron chi connectivity index (χ2n) is 6.21. The predicted molar refractivity (Wildman–Crippen MR) is 83.6 cm³/mol. The van der Waals surface area contributed by atoms with Crippen LogP contribution in [0.25, 0.3) is 0 Å². The Morgan fingerprint density at radius 3 is 2.64 bits per heavy atom. The third-order valence-electron chi connectivity index (χ3n) is 4.75. The van der Waals surface area contributed by atoms with Gasteiger partial charge in [-0.1, -0.05) is 12.1 Å². The number of imide groups is 1. The van der Waals surface area contributed by atoms with Crippen molar-refractivity contribution in [2.75, 3.05) is 24.6 Å². The maximum Gasteiger partial charge on any atom is 0.234 e. The lowest BCUT2D eigenvalue weighted by Gasteiger charge is -2.33. The second-order valence-corrected chi connectivity index (χ2v) is 6.21. The van der Waals surface area contributed by atoms with Crippen molar-refractivity contribution in [1.82, 2.24) is 5.32 Å². The fourth-order valence-corrected chi connectivity index (χ4v) is 3.32. The summed E-state index contributed by atoms with van der Waals surface area (Å²) in [5.41, 5.74) is 2.10. The van der Waals surface area contributed by atoms with Gasteiger partial charge in [0, 0.05) is 31.8 Å². The van der Waals surface area contributed by atoms with E-state index < -0.39 is 0 Å². The molecule has 2 aliphatic heterocycles. The lowest BCUT2D eigenvalue weighted by molar-refractivity contribution is -0.134. The average Bonchev–Trinajstić information content (AvgIpc) is 2.55. The van der Waals surface area contributed by atoms with Crippen molar-refractivity contribution >= 4 is 17.5 Å². The Morgan fingerprint density at radius 2 is 1.95 bits per heavy atom. The molecule has 0 bridgehead atoms. The summed E-state index contributed by atoms with van der Waals surface area (Å²) in [5, 5.41) is 11.6. The highest BCUT2D eigenvalue weighted by molar-refractivity contribution is 6.01. The van der Waals surface area contributed by atoms with Gasteiger partial charge in [0.05, 0.1) is 5.92 Å². The number of carbonyl (C=O) groups excluding carboxylic acids is 2. The van der Waals surface area contributed by atoms with E-state index in [1.54, 1.807) is 0 Å². The lowest BCUT2D eigenvalue weighted by atomic mass is 9.90. The summed E-state index contributed by atoms with van der Waals surface area (Å²) in [6, 6.07) is 8.07. The summed E-state index contributed by atoms with van der Waals surface area (Å²) in [7, 11) is 0. The molecule has 118 valence electrons. The SMILES string of the molecule is O=C1CCC(c2cccc(N3CCC(CO)CC3)c2)C(=O)N1. The van der Waals surface area contributed by atoms with Crippen LogP contribution in [0.2, 0.25) is 0 Å². The van der Waals surface area contributed by atoms with Gasteiger partial charge in [0.1, 0.15) is 0 Å². The third kappa shape index (κ3) is 3.14. The van der Waals surface area contributed by atoms with Gasteiger partial charge in [-0.3, -0.25) is 14.9 Å². The lowest BCUT2D eigenvalue weighted by Crippen LogP contribution is -2.39. The van der Waals surface area contributed by atoms with Crippen LogP contribution in [0.3, 0.4) is 0 Å². The zero-order valence-electron chi connectivity index (χ0n) is 12.6. The molecule has 1 aromatic carbocycles. The minimum absolute atomic E-state index is 0.177. The molecule has 1 atom stereocenters. The first-order valence-electron chi connectivity index (χ1n) is 7.97. The molecule has 2 amide bonds. The van der Waals surface area contributed by atoms with Crippen LogP contribution in [0.15, 0.2) is 24.3 Å². The van der Waals surface area contributed by atoms with Crippen molar-refractivity contribution in [1.29, 1.82) is 0 Å². The Bertz CT molecular complexity index is 565. The fourth-order valence-electron chi connectivity index (χ4n) is 3.32. The molecule has 0 spiro atoms. The molecule has 2 heterocycles. The highest BCUT2D eigenvalue weighted by Crippen LogP contribution is 2.29. The normalized spacial score (nSPS) is 23.5. The van der Waals surface area contributed by atoms with Crippen molar-refractivity contribution < 1.29 is 14.7 Å². The van der Waals surface area contributed by atoms with Crippen LogP contribution < -0.4 is 10.2 Å². The molecular formula is C17H22N2O3. The maximum absolute atomic E-state index is 12.0. The monoisotopic (exact) mass is 302 g/mol. The first-order chi connectivity index (χ1) is 10.7. The molecule has 22 heavy (non-hydrogen) atoms. The van der Waals surface area contributed by atoms with Gasteiger partial charge in [-0.05, 0) is 42.9 Å². The molecule has 0 aromatic heterocycles. The summed E-state index contributed by atoms with van der Waals surface area (Å²) >= 11 is 0. The van der Waals surface area contributed by atoms with E-state index in [-0.39, 0.29) is 24.3 Å². The Kier molecular flexibility index (Phi) is 4.43. The van der Waals surface area contributed by atoms with Crippen molar-refractivity contribution in [3.63, 3.8) is 0 Å². The zero-order valence-corrected chi connectivity index (χ0v) is 12.6. The molecule has 1 aromatic rings. The van der Waals surface area contributed by atoms with E-state index in [1.807, 2.05) is 12.1 Å². The highest BCUT2D eigenvalue weighted by Gasteiger charge is 2.28. The summed E-state index contributed by atoms with van der Waals surface area (Å²) in [5.74, 6) is -0.182. The number of aliphatic hydroxyl groups is 1. The molecule has 5 nitrogen and oxygen atoms in total. The maximum atomic E-state index is 12.0. The number of nitrogens with one attached hydrogen (secondary N) is 1. The van der Waals surface area contributed by atoms with Crippen molar-refractivity contribution in [3.8, 4) is 0 Å². The van der Waals surface area contributed by atoms with E-state index in [0.717, 1.165) is 37.2 Å². The molecule has 1 unspecified atom stereocenters. The number of carbonyl (C=O) groups is 2. The Labute approximate surface area is 130 Å². The summed E-state index contributed by atoms with van der Waals surface area (Å²) in [4.78, 5) is 25.6. The number of hydrogen-bond acceptors (Lipinski definition) is 4. The van der Waals surface area contributed by atoms with Gasteiger partial charge in [0.15, 0.2) is 0 Å². The third-order valence-corrected chi connectivity index (χ3v) is 4.75. The summed E-state index contributed by atoms with van der Waals surface area (Å²) in [6.45, 7) is 2.14. The molecule has 0 aliphatic carbocycles. The molecule has 2 N–H and O–H groups in total. The molecule has 3 rings (SSSR count). The topological polar surface area (TPSA) is 69.6 Å². The average molecular weight is 302 g/mol. The van der Waals surface area contributed by atoms with E-state index in [1.165, 1.54) is 0 Å². The number of anilines is 1. The van der Waals surface area contributed by atoms with Crippen LogP contribution >= 0.6 is 0 Å². The van der Waals surface area contributed by atoms with Crippen LogP contribution in [0.4, 0.5) is 5.69 Å². The number of aliphatic hydroxyl groups excluding tert-OH is 1. The first kappa shape index (κ1) is 15.0. The minimum atomic E-state index is -0.229. The van der Waals surface area contributed by atoms with Crippen LogP contribution in [0.5, 0.6) is 0 Å². The van der Waals surface area contributed by atoms with Crippen LogP contribution in [0, 0.1) is 5.92 Å². The number of rotatable bonds is 3. The van der Waals surface area contributed by atoms with Gasteiger partial charge in [-0.15, -0.1) is 0 Å². The van der Waals surface area contributed by atoms with Crippen LogP contribution in [-0.2, 0) is 9.59 Å². The second kappa shape index (κ2) is 6.48. The van der Waals surface area contributed by atoms with Gasteiger partial charge in [0.25, 0.3) is 0 Å². The molecule has 2 saturated heterocycles. The number of hydrogen-bond donors (Lipinski definition) is 2. The summed E-state index contributed by atoms with van der Waals surface area (Å²) < 4.78 is 0. The first-order valence-corrected chi connectivity index (χ1v) is 7.97. The van der Waals surface area contributed by atoms with Gasteiger partial charge in [-0.25, -0.2) is 0 Å².